The molecule has 0 atom stereocenters. The van der Waals surface area contributed by atoms with Crippen molar-refractivity contribution in [2.75, 3.05) is 0 Å². The molecule has 1 nitrogen and oxygen atoms in total. The van der Waals surface area contributed by atoms with Crippen LogP contribution in [0.2, 0.25) is 5.15 Å². The Balaban J connectivity index is 2.25. The molecule has 3 heteroatoms. The standard InChI is InChI=1S/C16H16ClNS/c1-16(2,3)8-11-9-19-14-6-10-4-5-18-15(17)13(10)7-12(11)14/h4-7,9H,8H2,1-3H3. The minimum Gasteiger partial charge on any atom is -0.244 e. The Morgan fingerprint density at radius 2 is 2.00 bits per heavy atom. The Bertz CT molecular complexity index is 752. The van der Waals surface area contributed by atoms with Crippen molar-refractivity contribution in [1.29, 1.82) is 0 Å². The van der Waals surface area contributed by atoms with E-state index in [0.29, 0.717) is 10.6 Å². The molecule has 0 N–H and O–H groups in total. The van der Waals surface area contributed by atoms with Gasteiger partial charge in [0.1, 0.15) is 5.15 Å². The van der Waals surface area contributed by atoms with E-state index >= 15 is 0 Å². The van der Waals surface area contributed by atoms with E-state index in [1.807, 2.05) is 17.4 Å². The first kappa shape index (κ1) is 12.9. The van der Waals surface area contributed by atoms with Gasteiger partial charge in [0.15, 0.2) is 0 Å². The summed E-state index contributed by atoms with van der Waals surface area (Å²) in [5, 5.41) is 6.40. The predicted octanol–water partition coefficient (Wildman–Crippen LogP) is 5.69. The van der Waals surface area contributed by atoms with Crippen LogP contribution in [0.1, 0.15) is 26.3 Å². The van der Waals surface area contributed by atoms with E-state index < -0.39 is 0 Å². The van der Waals surface area contributed by atoms with Crippen LogP contribution in [0.3, 0.4) is 0 Å². The fraction of sp³-hybridized carbons (Fsp3) is 0.312. The molecule has 3 rings (SSSR count). The molecule has 0 aliphatic rings. The highest BCUT2D eigenvalue weighted by Crippen LogP contribution is 2.35. The summed E-state index contributed by atoms with van der Waals surface area (Å²) in [6, 6.07) is 6.43. The fourth-order valence-electron chi connectivity index (χ4n) is 2.42. The van der Waals surface area contributed by atoms with Crippen molar-refractivity contribution in [3.63, 3.8) is 0 Å². The highest BCUT2D eigenvalue weighted by Gasteiger charge is 2.15. The molecule has 0 amide bonds. The summed E-state index contributed by atoms with van der Waals surface area (Å²) in [4.78, 5) is 4.17. The minimum atomic E-state index is 0.293. The Morgan fingerprint density at radius 1 is 1.21 bits per heavy atom. The van der Waals surface area contributed by atoms with E-state index in [1.165, 1.54) is 15.6 Å². The highest BCUT2D eigenvalue weighted by molar-refractivity contribution is 7.17. The molecule has 2 aromatic heterocycles. The third-order valence-electron chi connectivity index (χ3n) is 3.21. The summed E-state index contributed by atoms with van der Waals surface area (Å²) in [6.45, 7) is 6.81. The van der Waals surface area contributed by atoms with Gasteiger partial charge in [-0.25, -0.2) is 4.98 Å². The zero-order valence-electron chi connectivity index (χ0n) is 11.3. The molecule has 3 aromatic rings. The summed E-state index contributed by atoms with van der Waals surface area (Å²) >= 11 is 8.01. The molecular formula is C16H16ClNS. The van der Waals surface area contributed by atoms with E-state index in [0.717, 1.165) is 17.2 Å². The van der Waals surface area contributed by atoms with E-state index in [2.05, 4.69) is 43.3 Å². The van der Waals surface area contributed by atoms with Crippen LogP contribution in [-0.2, 0) is 6.42 Å². The molecule has 0 spiro atoms. The molecule has 0 aliphatic carbocycles. The van der Waals surface area contributed by atoms with Crippen molar-refractivity contribution in [3.8, 4) is 0 Å². The van der Waals surface area contributed by atoms with Gasteiger partial charge in [0.25, 0.3) is 0 Å². The molecule has 0 saturated carbocycles. The van der Waals surface area contributed by atoms with Crippen molar-refractivity contribution in [1.82, 2.24) is 4.98 Å². The van der Waals surface area contributed by atoms with Crippen LogP contribution in [0.25, 0.3) is 20.9 Å². The van der Waals surface area contributed by atoms with Crippen molar-refractivity contribution < 1.29 is 0 Å². The number of thiophene rings is 1. The molecule has 98 valence electrons. The monoisotopic (exact) mass is 289 g/mol. The summed E-state index contributed by atoms with van der Waals surface area (Å²) in [5.74, 6) is 0. The van der Waals surface area contributed by atoms with Gasteiger partial charge in [-0.3, -0.25) is 0 Å². The zero-order chi connectivity index (χ0) is 13.6. The molecule has 0 unspecified atom stereocenters. The number of pyridine rings is 1. The SMILES string of the molecule is CC(C)(C)Cc1csc2cc3ccnc(Cl)c3cc12. The molecular weight excluding hydrogens is 274 g/mol. The number of aromatic nitrogens is 1. The molecule has 19 heavy (non-hydrogen) atoms. The van der Waals surface area contributed by atoms with Gasteiger partial charge in [0.2, 0.25) is 0 Å². The van der Waals surface area contributed by atoms with Crippen LogP contribution >= 0.6 is 22.9 Å². The maximum absolute atomic E-state index is 6.20. The lowest BCUT2D eigenvalue weighted by molar-refractivity contribution is 0.413. The summed E-state index contributed by atoms with van der Waals surface area (Å²) in [6.07, 6.45) is 2.84. The first-order valence-corrected chi connectivity index (χ1v) is 7.64. The van der Waals surface area contributed by atoms with Crippen LogP contribution in [0.15, 0.2) is 29.8 Å². The Kier molecular flexibility index (Phi) is 3.03. The van der Waals surface area contributed by atoms with Crippen molar-refractivity contribution in [3.05, 3.63) is 40.5 Å². The van der Waals surface area contributed by atoms with Crippen molar-refractivity contribution in [2.24, 2.45) is 5.41 Å². The van der Waals surface area contributed by atoms with Crippen LogP contribution in [0, 0.1) is 5.41 Å². The smallest absolute Gasteiger partial charge is 0.136 e. The van der Waals surface area contributed by atoms with Crippen LogP contribution in [0.5, 0.6) is 0 Å². The van der Waals surface area contributed by atoms with Gasteiger partial charge >= 0.3 is 0 Å². The van der Waals surface area contributed by atoms with Gasteiger partial charge in [-0.15, -0.1) is 11.3 Å². The van der Waals surface area contributed by atoms with Gasteiger partial charge in [-0.2, -0.15) is 0 Å². The number of fused-ring (bicyclic) bond motifs is 2. The quantitative estimate of drug-likeness (QED) is 0.524. The van der Waals surface area contributed by atoms with Gasteiger partial charge in [-0.1, -0.05) is 32.4 Å². The van der Waals surface area contributed by atoms with Gasteiger partial charge in [0, 0.05) is 16.3 Å². The first-order chi connectivity index (χ1) is 8.94. The zero-order valence-corrected chi connectivity index (χ0v) is 12.9. The van der Waals surface area contributed by atoms with Crippen molar-refractivity contribution in [2.45, 2.75) is 27.2 Å². The Labute approximate surface area is 122 Å². The number of benzene rings is 1. The van der Waals surface area contributed by atoms with Crippen molar-refractivity contribution >= 4 is 43.8 Å². The summed E-state index contributed by atoms with van der Waals surface area (Å²) in [5.41, 5.74) is 1.70. The molecule has 1 aromatic carbocycles. The topological polar surface area (TPSA) is 12.9 Å². The number of hydrogen-bond donors (Lipinski definition) is 0. The minimum absolute atomic E-state index is 0.293. The molecule has 2 heterocycles. The molecule has 0 aliphatic heterocycles. The van der Waals surface area contributed by atoms with Gasteiger partial charge in [-0.05, 0) is 51.8 Å². The lowest BCUT2D eigenvalue weighted by Crippen LogP contribution is -2.08. The highest BCUT2D eigenvalue weighted by atomic mass is 35.5. The molecule has 0 fully saturated rings. The van der Waals surface area contributed by atoms with Crippen LogP contribution in [-0.4, -0.2) is 4.98 Å². The Morgan fingerprint density at radius 3 is 2.74 bits per heavy atom. The Hall–Kier alpha value is -1.12. The number of hydrogen-bond acceptors (Lipinski definition) is 2. The maximum atomic E-state index is 6.20. The van der Waals surface area contributed by atoms with Crippen LogP contribution in [0.4, 0.5) is 0 Å². The third-order valence-corrected chi connectivity index (χ3v) is 4.51. The second kappa shape index (κ2) is 4.46. The number of halogens is 1. The summed E-state index contributed by atoms with van der Waals surface area (Å²) < 4.78 is 1.33. The van der Waals surface area contributed by atoms with E-state index in [1.54, 1.807) is 6.20 Å². The van der Waals surface area contributed by atoms with Gasteiger partial charge < -0.3 is 0 Å². The van der Waals surface area contributed by atoms with E-state index in [9.17, 15) is 0 Å². The van der Waals surface area contributed by atoms with Gasteiger partial charge in [0.05, 0.1) is 0 Å². The second-order valence-corrected chi connectivity index (χ2v) is 7.44. The maximum Gasteiger partial charge on any atom is 0.136 e. The lowest BCUT2D eigenvalue weighted by atomic mass is 9.88. The molecule has 0 bridgehead atoms. The molecule has 0 saturated heterocycles. The average molecular weight is 290 g/mol. The average Bonchev–Trinajstić information content (AvgIpc) is 2.68. The molecule has 0 radical (unpaired) electrons. The first-order valence-electron chi connectivity index (χ1n) is 6.38. The number of nitrogens with zero attached hydrogens (tertiary/aromatic N) is 1. The third kappa shape index (κ3) is 2.47. The van der Waals surface area contributed by atoms with E-state index in [-0.39, 0.29) is 0 Å². The summed E-state index contributed by atoms with van der Waals surface area (Å²) in [7, 11) is 0. The largest absolute Gasteiger partial charge is 0.244 e. The number of rotatable bonds is 1. The fourth-order valence-corrected chi connectivity index (χ4v) is 3.63. The van der Waals surface area contributed by atoms with Crippen LogP contribution < -0.4 is 0 Å². The predicted molar refractivity (Wildman–Crippen MR) is 85.3 cm³/mol. The van der Waals surface area contributed by atoms with E-state index in [4.69, 9.17) is 11.6 Å². The normalized spacial score (nSPS) is 12.4. The lowest BCUT2D eigenvalue weighted by Gasteiger charge is -2.17. The second-order valence-electron chi connectivity index (χ2n) is 6.17.